The van der Waals surface area contributed by atoms with Crippen LogP contribution in [0.25, 0.3) is 0 Å². The largest absolute Gasteiger partial charge is 2.00 e. The Bertz CT molecular complexity index is 1450. The minimum atomic E-state index is -3.08. The summed E-state index contributed by atoms with van der Waals surface area (Å²) in [6.07, 6.45) is 3.56. The zero-order valence-electron chi connectivity index (χ0n) is 31.5. The molecule has 284 valence electrons. The molecule has 4 aromatic rings. The molecule has 0 aliphatic carbocycles. The Balaban J connectivity index is 0.000000360. The zero-order chi connectivity index (χ0) is 38.0. The van der Waals surface area contributed by atoms with Crippen LogP contribution in [0.1, 0.15) is 81.0 Å². The Morgan fingerprint density at radius 2 is 0.642 bits per heavy atom. The van der Waals surface area contributed by atoms with Gasteiger partial charge >= 0.3 is 38.2 Å². The van der Waals surface area contributed by atoms with Crippen LogP contribution in [-0.4, -0.2) is 68.7 Å². The summed E-state index contributed by atoms with van der Waals surface area (Å²) in [5, 5.41) is 0. The van der Waals surface area contributed by atoms with E-state index in [1.54, 1.807) is 126 Å². The summed E-state index contributed by atoms with van der Waals surface area (Å²) in [6.45, 7) is 4.13. The van der Waals surface area contributed by atoms with Crippen molar-refractivity contribution < 1.29 is 57.9 Å². The van der Waals surface area contributed by atoms with Gasteiger partial charge < -0.3 is 17.7 Å². The first kappa shape index (κ1) is 45.7. The molecule has 0 atom stereocenters. The molecule has 0 saturated carbocycles. The zero-order valence-corrected chi connectivity index (χ0v) is 35.8. The molecule has 0 aromatic heterocycles. The Hall–Kier alpha value is -3.48. The SMILES string of the molecule is CCCC[Si](OC)(OC)C(C(=O)c1ccccc1)C(=O)c1ccccc1.CCCC[Si](OC)(OC)C(C(=O)c1ccccc1)C(=O)c1ccccc1.[Pt+2]. The summed E-state index contributed by atoms with van der Waals surface area (Å²) in [6, 6.07) is 36.8. The molecule has 0 unspecified atom stereocenters. The van der Waals surface area contributed by atoms with Crippen molar-refractivity contribution in [3.63, 3.8) is 0 Å². The van der Waals surface area contributed by atoms with Crippen molar-refractivity contribution >= 4 is 40.3 Å². The number of carbonyl (C=O) groups is 4. The Kier molecular flexibility index (Phi) is 20.1. The monoisotopic (exact) mass is 935 g/mol. The van der Waals surface area contributed by atoms with Gasteiger partial charge in [0, 0.05) is 50.7 Å². The van der Waals surface area contributed by atoms with Gasteiger partial charge in [-0.15, -0.1) is 0 Å². The molecule has 8 nitrogen and oxygen atoms in total. The van der Waals surface area contributed by atoms with Gasteiger partial charge in [0.2, 0.25) is 0 Å². The van der Waals surface area contributed by atoms with Gasteiger partial charge in [0.1, 0.15) is 11.1 Å². The van der Waals surface area contributed by atoms with Gasteiger partial charge in [-0.25, -0.2) is 0 Å². The fourth-order valence-corrected chi connectivity index (χ4v) is 12.9. The van der Waals surface area contributed by atoms with Crippen LogP contribution in [0, 0.1) is 0 Å². The Morgan fingerprint density at radius 3 is 0.811 bits per heavy atom. The van der Waals surface area contributed by atoms with Crippen LogP contribution in [0.2, 0.25) is 23.2 Å². The van der Waals surface area contributed by atoms with E-state index in [4.69, 9.17) is 17.7 Å². The van der Waals surface area contributed by atoms with E-state index < -0.39 is 28.2 Å². The third-order valence-corrected chi connectivity index (χ3v) is 17.0. The maximum atomic E-state index is 13.3. The van der Waals surface area contributed by atoms with E-state index in [1.807, 2.05) is 24.3 Å². The molecule has 4 aromatic carbocycles. The van der Waals surface area contributed by atoms with E-state index in [2.05, 4.69) is 13.8 Å². The van der Waals surface area contributed by atoms with Gasteiger partial charge in [-0.3, -0.25) is 19.2 Å². The molecule has 0 spiro atoms. The van der Waals surface area contributed by atoms with Gasteiger partial charge in [0.05, 0.1) is 0 Å². The van der Waals surface area contributed by atoms with Gasteiger partial charge in [-0.2, -0.15) is 0 Å². The molecule has 0 saturated heterocycles. The van der Waals surface area contributed by atoms with Crippen molar-refractivity contribution in [2.45, 2.75) is 62.7 Å². The number of unbranched alkanes of at least 4 members (excludes halogenated alkanes) is 2. The van der Waals surface area contributed by atoms with Crippen molar-refractivity contribution in [1.82, 2.24) is 0 Å². The molecule has 0 aliphatic heterocycles. The maximum absolute atomic E-state index is 13.3. The van der Waals surface area contributed by atoms with E-state index >= 15 is 0 Å². The van der Waals surface area contributed by atoms with Crippen molar-refractivity contribution in [2.75, 3.05) is 28.4 Å². The molecule has 0 bridgehead atoms. The Labute approximate surface area is 331 Å². The van der Waals surface area contributed by atoms with E-state index in [1.165, 1.54) is 0 Å². The van der Waals surface area contributed by atoms with Crippen LogP contribution in [0.3, 0.4) is 0 Å². The van der Waals surface area contributed by atoms with Crippen LogP contribution < -0.4 is 0 Å². The van der Waals surface area contributed by atoms with Crippen molar-refractivity contribution in [2.24, 2.45) is 0 Å². The van der Waals surface area contributed by atoms with Gasteiger partial charge in [-0.1, -0.05) is 161 Å². The first-order chi connectivity index (χ1) is 25.2. The third-order valence-electron chi connectivity index (χ3n) is 9.30. The summed E-state index contributed by atoms with van der Waals surface area (Å²) in [7, 11) is 0.0328. The first-order valence-corrected chi connectivity index (χ1v) is 22.0. The Morgan fingerprint density at radius 1 is 0.434 bits per heavy atom. The molecule has 0 radical (unpaired) electrons. The summed E-state index contributed by atoms with van der Waals surface area (Å²) in [5.74, 6) is -0.923. The number of benzene rings is 4. The fourth-order valence-electron chi connectivity index (χ4n) is 6.29. The number of carbonyl (C=O) groups excluding carboxylic acids is 4. The third kappa shape index (κ3) is 11.8. The summed E-state index contributed by atoms with van der Waals surface area (Å²) >= 11 is 0. The quantitative estimate of drug-likeness (QED) is 0.0491. The molecule has 0 amide bonds. The van der Waals surface area contributed by atoms with Crippen molar-refractivity contribution in [1.29, 1.82) is 0 Å². The first-order valence-electron chi connectivity index (χ1n) is 17.8. The maximum Gasteiger partial charge on any atom is 2.00 e. The second kappa shape index (κ2) is 23.3. The van der Waals surface area contributed by atoms with Gasteiger partial charge in [0.25, 0.3) is 0 Å². The van der Waals surface area contributed by atoms with Crippen LogP contribution in [0.15, 0.2) is 121 Å². The van der Waals surface area contributed by atoms with Crippen LogP contribution >= 0.6 is 0 Å². The second-order valence-electron chi connectivity index (χ2n) is 12.4. The molecule has 53 heavy (non-hydrogen) atoms. The summed E-state index contributed by atoms with van der Waals surface area (Å²) in [5.41, 5.74) is 0.143. The van der Waals surface area contributed by atoms with E-state index in [9.17, 15) is 19.2 Å². The summed E-state index contributed by atoms with van der Waals surface area (Å²) < 4.78 is 23.2. The standard InChI is InChI=1S/2C21H26O4Si.Pt/c2*1-4-5-16-26(24-2,25-3)21(19(22)17-12-8-6-9-13-17)20(23)18-14-10-7-11-15-18;/h2*6-15,21H,4-5,16H2,1-3H3;/q;;+2. The van der Waals surface area contributed by atoms with Gasteiger partial charge in [0.15, 0.2) is 23.1 Å². The van der Waals surface area contributed by atoms with E-state index in [0.717, 1.165) is 25.7 Å². The van der Waals surface area contributed by atoms with Crippen molar-refractivity contribution in [3.8, 4) is 0 Å². The van der Waals surface area contributed by atoms with Crippen LogP contribution in [-0.2, 0) is 38.8 Å². The summed E-state index contributed by atoms with van der Waals surface area (Å²) in [4.78, 5) is 53.4. The molecule has 0 fully saturated rings. The average molecular weight is 936 g/mol. The number of Topliss-reactive ketones (excluding diaryl/α,β-unsaturated/α-hetero) is 4. The second-order valence-corrected chi connectivity index (χ2v) is 19.5. The number of hydrogen-bond acceptors (Lipinski definition) is 8. The molecule has 0 heterocycles. The van der Waals surface area contributed by atoms with Crippen LogP contribution in [0.5, 0.6) is 0 Å². The van der Waals surface area contributed by atoms with Gasteiger partial charge in [-0.05, 0) is 12.1 Å². The minimum Gasteiger partial charge on any atom is -0.397 e. The number of ketones is 4. The smallest absolute Gasteiger partial charge is 0.397 e. The molecular formula is C42H52O8PtSi2+2. The molecular weight excluding hydrogens is 884 g/mol. The average Bonchev–Trinajstić information content (AvgIpc) is 3.22. The minimum absolute atomic E-state index is 0. The molecule has 4 rings (SSSR count). The number of hydrogen-bond donors (Lipinski definition) is 0. The predicted octanol–water partition coefficient (Wildman–Crippen LogP) is 9.31. The fraction of sp³-hybridized carbons (Fsp3) is 0.333. The van der Waals surface area contributed by atoms with E-state index in [0.29, 0.717) is 34.3 Å². The van der Waals surface area contributed by atoms with Crippen molar-refractivity contribution in [3.05, 3.63) is 144 Å². The molecule has 0 aliphatic rings. The normalized spacial score (nSPS) is 11.3. The number of rotatable bonds is 20. The topological polar surface area (TPSA) is 105 Å². The molecule has 0 N–H and O–H groups in total. The van der Waals surface area contributed by atoms with E-state index in [-0.39, 0.29) is 44.2 Å². The molecule has 11 heteroatoms. The van der Waals surface area contributed by atoms with Crippen LogP contribution in [0.4, 0.5) is 0 Å². The predicted molar refractivity (Wildman–Crippen MR) is 210 cm³/mol.